The number of rotatable bonds is 4. The summed E-state index contributed by atoms with van der Waals surface area (Å²) in [6, 6.07) is 0. The summed E-state index contributed by atoms with van der Waals surface area (Å²) in [4.78, 5) is 0. The van der Waals surface area contributed by atoms with E-state index in [-0.39, 0.29) is 6.10 Å². The Balaban J connectivity index is 2.11. The molecule has 0 bridgehead atoms. The largest absolute Gasteiger partial charge is 0.359 e. The van der Waals surface area contributed by atoms with Gasteiger partial charge < -0.3 is 18.9 Å². The van der Waals surface area contributed by atoms with E-state index in [9.17, 15) is 0 Å². The second kappa shape index (κ2) is 4.18. The minimum Gasteiger partial charge on any atom is -0.359 e. The van der Waals surface area contributed by atoms with E-state index in [0.717, 1.165) is 0 Å². The lowest BCUT2D eigenvalue weighted by Gasteiger charge is -2.16. The van der Waals surface area contributed by atoms with E-state index >= 15 is 0 Å². The van der Waals surface area contributed by atoms with Crippen molar-refractivity contribution in [1.29, 1.82) is 0 Å². The van der Waals surface area contributed by atoms with Crippen LogP contribution in [0.4, 0.5) is 0 Å². The van der Waals surface area contributed by atoms with E-state index in [1.54, 1.807) is 7.11 Å². The van der Waals surface area contributed by atoms with Gasteiger partial charge in [0, 0.05) is 7.11 Å². The highest BCUT2D eigenvalue weighted by Gasteiger charge is 2.32. The van der Waals surface area contributed by atoms with Crippen LogP contribution in [0.25, 0.3) is 0 Å². The molecule has 0 aromatic heterocycles. The first kappa shape index (κ1) is 9.92. The molecule has 72 valence electrons. The molecule has 1 aliphatic rings. The molecule has 0 aromatic carbocycles. The lowest BCUT2D eigenvalue weighted by Crippen LogP contribution is -2.24. The van der Waals surface area contributed by atoms with Crippen LogP contribution in [-0.2, 0) is 18.9 Å². The highest BCUT2D eigenvalue weighted by atomic mass is 16.8. The Hall–Kier alpha value is -0.160. The van der Waals surface area contributed by atoms with Gasteiger partial charge in [-0.2, -0.15) is 0 Å². The summed E-state index contributed by atoms with van der Waals surface area (Å²) in [5, 5.41) is 0. The third-order valence-corrected chi connectivity index (χ3v) is 1.57. The van der Waals surface area contributed by atoms with Crippen molar-refractivity contribution >= 4 is 0 Å². The van der Waals surface area contributed by atoms with Gasteiger partial charge in [-0.1, -0.05) is 0 Å². The van der Waals surface area contributed by atoms with E-state index in [4.69, 9.17) is 18.9 Å². The minimum atomic E-state index is -0.457. The van der Waals surface area contributed by atoms with Crippen molar-refractivity contribution in [2.24, 2.45) is 0 Å². The van der Waals surface area contributed by atoms with Crippen molar-refractivity contribution in [3.63, 3.8) is 0 Å². The van der Waals surface area contributed by atoms with Crippen LogP contribution in [0.3, 0.4) is 0 Å². The molecule has 1 unspecified atom stereocenters. The molecule has 1 aliphatic heterocycles. The molecule has 0 amide bonds. The monoisotopic (exact) mass is 176 g/mol. The van der Waals surface area contributed by atoms with E-state index < -0.39 is 5.79 Å². The summed E-state index contributed by atoms with van der Waals surface area (Å²) in [6.07, 6.45) is 0.0372. The van der Waals surface area contributed by atoms with Gasteiger partial charge in [-0.05, 0) is 13.8 Å². The van der Waals surface area contributed by atoms with Gasteiger partial charge in [0.1, 0.15) is 12.9 Å². The van der Waals surface area contributed by atoms with Crippen molar-refractivity contribution in [2.45, 2.75) is 25.7 Å². The Bertz CT molecular complexity index is 135. The molecule has 4 nitrogen and oxygen atoms in total. The molecule has 0 aliphatic carbocycles. The predicted octanol–water partition coefficient (Wildman–Crippen LogP) is 0.758. The lowest BCUT2D eigenvalue weighted by atomic mass is 10.4. The van der Waals surface area contributed by atoms with Crippen LogP contribution in [0.1, 0.15) is 13.8 Å². The summed E-state index contributed by atoms with van der Waals surface area (Å²) in [5.74, 6) is -0.457. The third kappa shape index (κ3) is 3.06. The maximum Gasteiger partial charge on any atom is 0.163 e. The maximum absolute atomic E-state index is 5.49. The molecule has 0 radical (unpaired) electrons. The summed E-state index contributed by atoms with van der Waals surface area (Å²) >= 11 is 0. The SMILES string of the molecule is COCOCC1COC(C)(C)O1. The average Bonchev–Trinajstić information content (AvgIpc) is 2.31. The van der Waals surface area contributed by atoms with E-state index in [1.165, 1.54) is 0 Å². The maximum atomic E-state index is 5.49. The Morgan fingerprint density at radius 2 is 2.25 bits per heavy atom. The number of ether oxygens (including phenoxy) is 4. The van der Waals surface area contributed by atoms with Gasteiger partial charge in [0.05, 0.1) is 13.2 Å². The van der Waals surface area contributed by atoms with E-state index in [2.05, 4.69) is 0 Å². The molecular weight excluding hydrogens is 160 g/mol. The molecule has 0 aromatic rings. The highest BCUT2D eigenvalue weighted by Crippen LogP contribution is 2.22. The molecule has 1 saturated heterocycles. The standard InChI is InChI=1S/C8H16O4/c1-8(2)11-5-7(12-8)4-10-6-9-3/h7H,4-6H2,1-3H3. The summed E-state index contributed by atoms with van der Waals surface area (Å²) < 4.78 is 20.7. The van der Waals surface area contributed by atoms with Crippen LogP contribution in [0.5, 0.6) is 0 Å². The van der Waals surface area contributed by atoms with Crippen molar-refractivity contribution in [3.8, 4) is 0 Å². The van der Waals surface area contributed by atoms with Crippen molar-refractivity contribution in [1.82, 2.24) is 0 Å². The van der Waals surface area contributed by atoms with Crippen LogP contribution in [0.15, 0.2) is 0 Å². The van der Waals surface area contributed by atoms with Crippen molar-refractivity contribution in [3.05, 3.63) is 0 Å². The summed E-state index contributed by atoms with van der Waals surface area (Å²) in [5.41, 5.74) is 0. The molecule has 0 saturated carbocycles. The number of hydrogen-bond donors (Lipinski definition) is 0. The van der Waals surface area contributed by atoms with Crippen molar-refractivity contribution < 1.29 is 18.9 Å². The smallest absolute Gasteiger partial charge is 0.163 e. The quantitative estimate of drug-likeness (QED) is 0.468. The normalized spacial score (nSPS) is 27.8. The molecule has 1 heterocycles. The van der Waals surface area contributed by atoms with Gasteiger partial charge in [-0.25, -0.2) is 0 Å². The molecule has 0 spiro atoms. The fraction of sp³-hybridized carbons (Fsp3) is 1.00. The zero-order valence-electron chi connectivity index (χ0n) is 7.83. The zero-order chi connectivity index (χ0) is 9.03. The van der Waals surface area contributed by atoms with Gasteiger partial charge in [0.2, 0.25) is 0 Å². The first-order valence-corrected chi connectivity index (χ1v) is 4.02. The molecule has 1 atom stereocenters. The van der Waals surface area contributed by atoms with Crippen LogP contribution >= 0.6 is 0 Å². The molecular formula is C8H16O4. The average molecular weight is 176 g/mol. The van der Waals surface area contributed by atoms with Gasteiger partial charge >= 0.3 is 0 Å². The number of methoxy groups -OCH3 is 1. The Morgan fingerprint density at radius 1 is 1.50 bits per heavy atom. The van der Waals surface area contributed by atoms with Crippen LogP contribution in [0.2, 0.25) is 0 Å². The second-order valence-corrected chi connectivity index (χ2v) is 3.23. The molecule has 4 heteroatoms. The van der Waals surface area contributed by atoms with E-state index in [0.29, 0.717) is 20.0 Å². The first-order chi connectivity index (χ1) is 5.64. The topological polar surface area (TPSA) is 36.9 Å². The fourth-order valence-corrected chi connectivity index (χ4v) is 1.11. The Labute approximate surface area is 72.7 Å². The summed E-state index contributed by atoms with van der Waals surface area (Å²) in [6.45, 7) is 5.21. The lowest BCUT2D eigenvalue weighted by molar-refractivity contribution is -0.150. The van der Waals surface area contributed by atoms with Gasteiger partial charge in [0.15, 0.2) is 5.79 Å². The minimum absolute atomic E-state index is 0.0372. The van der Waals surface area contributed by atoms with Crippen molar-refractivity contribution in [2.75, 3.05) is 27.1 Å². The second-order valence-electron chi connectivity index (χ2n) is 3.23. The Kier molecular flexibility index (Phi) is 3.46. The van der Waals surface area contributed by atoms with Crippen LogP contribution < -0.4 is 0 Å². The molecule has 12 heavy (non-hydrogen) atoms. The molecule has 1 rings (SSSR count). The van der Waals surface area contributed by atoms with E-state index in [1.807, 2.05) is 13.8 Å². The predicted molar refractivity (Wildman–Crippen MR) is 42.7 cm³/mol. The third-order valence-electron chi connectivity index (χ3n) is 1.57. The van der Waals surface area contributed by atoms with Gasteiger partial charge in [0.25, 0.3) is 0 Å². The van der Waals surface area contributed by atoms with Gasteiger partial charge in [-0.15, -0.1) is 0 Å². The first-order valence-electron chi connectivity index (χ1n) is 4.02. The molecule has 1 fully saturated rings. The fourth-order valence-electron chi connectivity index (χ4n) is 1.11. The highest BCUT2D eigenvalue weighted by molar-refractivity contribution is 4.69. The van der Waals surface area contributed by atoms with Gasteiger partial charge in [-0.3, -0.25) is 0 Å². The Morgan fingerprint density at radius 3 is 2.75 bits per heavy atom. The molecule has 0 N–H and O–H groups in total. The number of hydrogen-bond acceptors (Lipinski definition) is 4. The summed E-state index contributed by atoms with van der Waals surface area (Å²) in [7, 11) is 1.59. The zero-order valence-corrected chi connectivity index (χ0v) is 7.83. The van der Waals surface area contributed by atoms with Crippen LogP contribution in [-0.4, -0.2) is 39.0 Å². The van der Waals surface area contributed by atoms with Crippen LogP contribution in [0, 0.1) is 0 Å².